The van der Waals surface area contributed by atoms with Gasteiger partial charge in [0.15, 0.2) is 0 Å². The molecule has 0 nitrogen and oxygen atoms in total. The van der Waals surface area contributed by atoms with E-state index in [4.69, 9.17) is 0 Å². The van der Waals surface area contributed by atoms with E-state index in [2.05, 4.69) is 12.6 Å². The maximum atomic E-state index is 3.79. The van der Waals surface area contributed by atoms with Crippen LogP contribution in [0.1, 0.15) is 6.92 Å². The van der Waals surface area contributed by atoms with E-state index in [0.29, 0.717) is 0 Å². The molecule has 0 N–H and O–H groups in total. The SMILES string of the molecule is CCS.[Hg]. The molecule has 0 radical (unpaired) electrons. The minimum absolute atomic E-state index is 0. The molecular formula is C2H6HgS. The molecule has 0 heterocycles. The van der Waals surface area contributed by atoms with Gasteiger partial charge in [-0.25, -0.2) is 0 Å². The van der Waals surface area contributed by atoms with Crippen molar-refractivity contribution in [2.24, 2.45) is 0 Å². The van der Waals surface area contributed by atoms with Gasteiger partial charge >= 0.3 is 0 Å². The van der Waals surface area contributed by atoms with Crippen LogP contribution in [-0.4, -0.2) is 5.75 Å². The molecule has 0 aromatic rings. The van der Waals surface area contributed by atoms with Gasteiger partial charge in [0.1, 0.15) is 0 Å². The average Bonchev–Trinajstić information content (AvgIpc) is 0.918. The van der Waals surface area contributed by atoms with Crippen LogP contribution in [0.25, 0.3) is 0 Å². The minimum Gasteiger partial charge on any atom is -0.180 e. The Balaban J connectivity index is 0. The summed E-state index contributed by atoms with van der Waals surface area (Å²) in [7, 11) is 0. The summed E-state index contributed by atoms with van der Waals surface area (Å²) in [5.41, 5.74) is 0. The third kappa shape index (κ3) is 10.4. The van der Waals surface area contributed by atoms with E-state index in [1.165, 1.54) is 0 Å². The van der Waals surface area contributed by atoms with Crippen LogP contribution >= 0.6 is 12.6 Å². The van der Waals surface area contributed by atoms with Crippen molar-refractivity contribution in [2.75, 3.05) is 5.75 Å². The maximum absolute atomic E-state index is 3.79. The second-order valence-electron chi connectivity index (χ2n) is 0.316. The van der Waals surface area contributed by atoms with Crippen molar-refractivity contribution < 1.29 is 27.7 Å². The summed E-state index contributed by atoms with van der Waals surface area (Å²) in [4.78, 5) is 0. The van der Waals surface area contributed by atoms with Gasteiger partial charge in [-0.15, -0.1) is 0 Å². The molecule has 0 aliphatic rings. The van der Waals surface area contributed by atoms with Crippen LogP contribution in [-0.2, 0) is 27.7 Å². The molecule has 0 amide bonds. The van der Waals surface area contributed by atoms with Gasteiger partial charge in [-0.1, -0.05) is 6.92 Å². The molecule has 0 unspecified atom stereocenters. The molecule has 0 fully saturated rings. The van der Waals surface area contributed by atoms with E-state index in [1.54, 1.807) is 0 Å². The van der Waals surface area contributed by atoms with Crippen LogP contribution in [0.3, 0.4) is 0 Å². The van der Waals surface area contributed by atoms with Gasteiger partial charge in [0, 0.05) is 27.7 Å². The normalized spacial score (nSPS) is 4.50. The molecule has 2 heteroatoms. The maximum Gasteiger partial charge on any atom is 0 e. The summed E-state index contributed by atoms with van der Waals surface area (Å²) in [6, 6.07) is 0. The number of rotatable bonds is 0. The molecule has 0 spiro atoms. The molecule has 22 valence electrons. The standard InChI is InChI=1S/C2H6S.Hg/c1-2-3;/h3H,2H2,1H3;. The summed E-state index contributed by atoms with van der Waals surface area (Å²) in [6.45, 7) is 1.99. The van der Waals surface area contributed by atoms with Crippen LogP contribution in [0, 0.1) is 0 Å². The first-order valence-electron chi connectivity index (χ1n) is 1.02. The predicted octanol–water partition coefficient (Wildman–Crippen LogP) is 0.934. The van der Waals surface area contributed by atoms with Gasteiger partial charge in [0.25, 0.3) is 0 Å². The Hall–Kier alpha value is 1.29. The molecule has 0 bridgehead atoms. The molecule has 0 saturated heterocycles. The topological polar surface area (TPSA) is 0 Å². The smallest absolute Gasteiger partial charge is 0 e. The van der Waals surface area contributed by atoms with Crippen molar-refractivity contribution in [3.63, 3.8) is 0 Å². The average molecular weight is 263 g/mol. The third-order valence-electron chi connectivity index (χ3n) is 0. The zero-order valence-corrected chi connectivity index (χ0v) is 9.25. The van der Waals surface area contributed by atoms with Crippen molar-refractivity contribution >= 4 is 12.6 Å². The van der Waals surface area contributed by atoms with E-state index >= 15 is 0 Å². The van der Waals surface area contributed by atoms with E-state index < -0.39 is 0 Å². The van der Waals surface area contributed by atoms with E-state index in [0.717, 1.165) is 5.75 Å². The molecule has 0 aliphatic heterocycles. The third-order valence-corrected chi connectivity index (χ3v) is 0. The molecule has 0 aliphatic carbocycles. The second kappa shape index (κ2) is 8.86. The first kappa shape index (κ1) is 8.99. The van der Waals surface area contributed by atoms with Crippen LogP contribution in [0.4, 0.5) is 0 Å². The van der Waals surface area contributed by atoms with Gasteiger partial charge in [0.2, 0.25) is 0 Å². The van der Waals surface area contributed by atoms with E-state index in [-0.39, 0.29) is 27.7 Å². The molecular weight excluding hydrogens is 257 g/mol. The van der Waals surface area contributed by atoms with Gasteiger partial charge in [-0.3, -0.25) is 0 Å². The Morgan fingerprint density at radius 2 is 1.75 bits per heavy atom. The predicted molar refractivity (Wildman–Crippen MR) is 19.5 cm³/mol. The number of hydrogen-bond donors (Lipinski definition) is 1. The monoisotopic (exact) mass is 264 g/mol. The zero-order valence-electron chi connectivity index (χ0n) is 2.86. The van der Waals surface area contributed by atoms with Crippen LogP contribution in [0.15, 0.2) is 0 Å². The summed E-state index contributed by atoms with van der Waals surface area (Å²) in [6.07, 6.45) is 0. The summed E-state index contributed by atoms with van der Waals surface area (Å²) in [5.74, 6) is 0.944. The van der Waals surface area contributed by atoms with Gasteiger partial charge in [0.05, 0.1) is 0 Å². The van der Waals surface area contributed by atoms with Crippen LogP contribution < -0.4 is 0 Å². The van der Waals surface area contributed by atoms with Gasteiger partial charge in [-0.2, -0.15) is 12.6 Å². The molecule has 0 aromatic heterocycles. The summed E-state index contributed by atoms with van der Waals surface area (Å²) < 4.78 is 0. The van der Waals surface area contributed by atoms with Gasteiger partial charge < -0.3 is 0 Å². The molecule has 0 aromatic carbocycles. The Bertz CT molecular complexity index is 6.00. The quantitative estimate of drug-likeness (QED) is 0.487. The first-order valence-corrected chi connectivity index (χ1v) is 1.66. The van der Waals surface area contributed by atoms with Gasteiger partial charge in [-0.05, 0) is 5.75 Å². The fourth-order valence-corrected chi connectivity index (χ4v) is 0. The fraction of sp³-hybridized carbons (Fsp3) is 1.00. The van der Waals surface area contributed by atoms with Crippen molar-refractivity contribution in [2.45, 2.75) is 6.92 Å². The second-order valence-corrected chi connectivity index (χ2v) is 0.949. The number of hydrogen-bond acceptors (Lipinski definition) is 1. The van der Waals surface area contributed by atoms with Crippen molar-refractivity contribution in [3.8, 4) is 0 Å². The number of thiol groups is 1. The van der Waals surface area contributed by atoms with Crippen LogP contribution in [0.2, 0.25) is 0 Å². The van der Waals surface area contributed by atoms with Crippen molar-refractivity contribution in [3.05, 3.63) is 0 Å². The first-order chi connectivity index (χ1) is 1.41. The Morgan fingerprint density at radius 1 is 1.75 bits per heavy atom. The van der Waals surface area contributed by atoms with Crippen molar-refractivity contribution in [1.82, 2.24) is 0 Å². The van der Waals surface area contributed by atoms with Crippen molar-refractivity contribution in [1.29, 1.82) is 0 Å². The Kier molecular flexibility index (Phi) is 19.9. The fourth-order valence-electron chi connectivity index (χ4n) is 0. The molecule has 0 rings (SSSR count). The largest absolute Gasteiger partial charge is 0.180 e. The molecule has 0 saturated carbocycles. The van der Waals surface area contributed by atoms with E-state index in [9.17, 15) is 0 Å². The molecule has 0 atom stereocenters. The Morgan fingerprint density at radius 3 is 1.75 bits per heavy atom. The summed E-state index contributed by atoms with van der Waals surface area (Å²) in [5, 5.41) is 0. The van der Waals surface area contributed by atoms with Crippen LogP contribution in [0.5, 0.6) is 0 Å². The zero-order chi connectivity index (χ0) is 2.71. The minimum atomic E-state index is 0. The summed E-state index contributed by atoms with van der Waals surface area (Å²) >= 11 is 3.79. The Labute approximate surface area is 52.9 Å². The van der Waals surface area contributed by atoms with E-state index in [1.807, 2.05) is 6.92 Å². The molecule has 4 heavy (non-hydrogen) atoms.